The van der Waals surface area contributed by atoms with Crippen molar-refractivity contribution in [3.8, 4) is 0 Å². The number of hydrogen-bond donors (Lipinski definition) is 0. The Morgan fingerprint density at radius 2 is 1.85 bits per heavy atom. The van der Waals surface area contributed by atoms with Gasteiger partial charge in [0.25, 0.3) is 0 Å². The van der Waals surface area contributed by atoms with Crippen LogP contribution in [0.5, 0.6) is 0 Å². The quantitative estimate of drug-likeness (QED) is 0.510. The van der Waals surface area contributed by atoms with E-state index in [1.807, 2.05) is 31.3 Å². The summed E-state index contributed by atoms with van der Waals surface area (Å²) in [4.78, 5) is 21.7. The summed E-state index contributed by atoms with van der Waals surface area (Å²) in [6.45, 7) is 4.17. The van der Waals surface area contributed by atoms with E-state index < -0.39 is 0 Å². The third-order valence-electron chi connectivity index (χ3n) is 5.11. The van der Waals surface area contributed by atoms with Gasteiger partial charge >= 0.3 is 0 Å². The molecule has 0 aliphatic rings. The van der Waals surface area contributed by atoms with Crippen LogP contribution in [0.1, 0.15) is 38.4 Å². The Bertz CT molecular complexity index is 1140. The second kappa shape index (κ2) is 6.80. The summed E-state index contributed by atoms with van der Waals surface area (Å²) in [6.07, 6.45) is 4.08. The van der Waals surface area contributed by atoms with Gasteiger partial charge < -0.3 is 4.57 Å². The maximum absolute atomic E-state index is 12.8. The lowest BCUT2D eigenvalue weighted by Crippen LogP contribution is -2.07. The second-order valence-electron chi connectivity index (χ2n) is 6.91. The number of carbonyl (C=O) groups excluding carboxylic acids is 1. The van der Waals surface area contributed by atoms with E-state index in [4.69, 9.17) is 4.98 Å². The van der Waals surface area contributed by atoms with Gasteiger partial charge in [0, 0.05) is 23.7 Å². The third kappa shape index (κ3) is 3.14. The fraction of sp³-hybridized carbons (Fsp3) is 0.174. The van der Waals surface area contributed by atoms with Crippen molar-refractivity contribution < 1.29 is 4.79 Å². The minimum atomic E-state index is -0.0264. The highest BCUT2D eigenvalue weighted by molar-refractivity contribution is 6.09. The van der Waals surface area contributed by atoms with Gasteiger partial charge in [0.15, 0.2) is 0 Å². The number of imidazole rings is 1. The predicted molar refractivity (Wildman–Crippen MR) is 107 cm³/mol. The van der Waals surface area contributed by atoms with Crippen LogP contribution < -0.4 is 0 Å². The Hall–Kier alpha value is -3.27. The molecule has 0 unspecified atom stereocenters. The SMILES string of the molecule is Cc1nc2ccc(C(=O)c3cncn3C)cc2c(C)c1Cc1ccccc1. The second-order valence-corrected chi connectivity index (χ2v) is 6.91. The normalized spacial score (nSPS) is 11.1. The molecular formula is C23H21N3O. The molecule has 4 rings (SSSR count). The molecule has 2 aromatic heterocycles. The van der Waals surface area contributed by atoms with Crippen LogP contribution >= 0.6 is 0 Å². The van der Waals surface area contributed by atoms with Gasteiger partial charge in [-0.1, -0.05) is 30.3 Å². The summed E-state index contributed by atoms with van der Waals surface area (Å²) in [5.74, 6) is -0.0264. The monoisotopic (exact) mass is 355 g/mol. The van der Waals surface area contributed by atoms with E-state index in [1.165, 1.54) is 16.7 Å². The number of benzene rings is 2. The largest absolute Gasteiger partial charge is 0.331 e. The molecule has 0 aliphatic heterocycles. The van der Waals surface area contributed by atoms with Crippen molar-refractivity contribution in [1.82, 2.24) is 14.5 Å². The molecule has 2 heterocycles. The van der Waals surface area contributed by atoms with Crippen molar-refractivity contribution in [1.29, 1.82) is 0 Å². The number of nitrogens with zero attached hydrogens (tertiary/aromatic N) is 3. The Morgan fingerprint density at radius 1 is 1.07 bits per heavy atom. The zero-order chi connectivity index (χ0) is 19.0. The molecule has 4 nitrogen and oxygen atoms in total. The molecule has 0 amide bonds. The zero-order valence-electron chi connectivity index (χ0n) is 15.7. The molecule has 0 bridgehead atoms. The van der Waals surface area contributed by atoms with Crippen LogP contribution in [0.4, 0.5) is 0 Å². The van der Waals surface area contributed by atoms with Crippen LogP contribution in [0.2, 0.25) is 0 Å². The van der Waals surface area contributed by atoms with Crippen LogP contribution in [0.25, 0.3) is 10.9 Å². The van der Waals surface area contributed by atoms with E-state index in [2.05, 4.69) is 43.1 Å². The molecule has 4 heteroatoms. The molecule has 0 aliphatic carbocycles. The van der Waals surface area contributed by atoms with E-state index >= 15 is 0 Å². The predicted octanol–water partition coefficient (Wildman–Crippen LogP) is 4.41. The molecule has 2 aromatic carbocycles. The zero-order valence-corrected chi connectivity index (χ0v) is 15.7. The van der Waals surface area contributed by atoms with E-state index in [1.54, 1.807) is 17.1 Å². The van der Waals surface area contributed by atoms with Crippen molar-refractivity contribution in [2.24, 2.45) is 7.05 Å². The maximum Gasteiger partial charge on any atom is 0.211 e. The van der Waals surface area contributed by atoms with E-state index in [-0.39, 0.29) is 5.78 Å². The fourth-order valence-electron chi connectivity index (χ4n) is 3.54. The smallest absolute Gasteiger partial charge is 0.211 e. The Labute approximate surface area is 158 Å². The van der Waals surface area contributed by atoms with Gasteiger partial charge in [-0.2, -0.15) is 0 Å². The van der Waals surface area contributed by atoms with Crippen LogP contribution in [0.3, 0.4) is 0 Å². The first-order valence-corrected chi connectivity index (χ1v) is 8.99. The molecule has 0 N–H and O–H groups in total. The fourth-order valence-corrected chi connectivity index (χ4v) is 3.54. The summed E-state index contributed by atoms with van der Waals surface area (Å²) < 4.78 is 1.74. The lowest BCUT2D eigenvalue weighted by molar-refractivity contribution is 0.103. The van der Waals surface area contributed by atoms with Gasteiger partial charge in [-0.15, -0.1) is 0 Å². The topological polar surface area (TPSA) is 47.8 Å². The summed E-state index contributed by atoms with van der Waals surface area (Å²) in [7, 11) is 1.83. The number of ketones is 1. The molecule has 0 fully saturated rings. The van der Waals surface area contributed by atoms with Gasteiger partial charge in [-0.3, -0.25) is 9.78 Å². The number of hydrogen-bond acceptors (Lipinski definition) is 3. The highest BCUT2D eigenvalue weighted by Crippen LogP contribution is 2.26. The number of fused-ring (bicyclic) bond motifs is 1. The molecule has 0 atom stereocenters. The third-order valence-corrected chi connectivity index (χ3v) is 5.11. The van der Waals surface area contributed by atoms with Crippen molar-refractivity contribution in [3.63, 3.8) is 0 Å². The molecule has 4 aromatic rings. The van der Waals surface area contributed by atoms with Gasteiger partial charge in [0.1, 0.15) is 5.69 Å². The van der Waals surface area contributed by atoms with E-state index in [9.17, 15) is 4.79 Å². The molecule has 0 saturated carbocycles. The number of aryl methyl sites for hydroxylation is 3. The minimum absolute atomic E-state index is 0.0264. The van der Waals surface area contributed by atoms with Crippen molar-refractivity contribution in [2.75, 3.05) is 0 Å². The molecular weight excluding hydrogens is 334 g/mol. The van der Waals surface area contributed by atoms with Crippen molar-refractivity contribution in [2.45, 2.75) is 20.3 Å². The summed E-state index contributed by atoms with van der Waals surface area (Å²) in [5.41, 5.74) is 6.85. The number of rotatable bonds is 4. The molecule has 0 saturated heterocycles. The average Bonchev–Trinajstić information content (AvgIpc) is 3.11. The lowest BCUT2D eigenvalue weighted by atomic mass is 9.94. The van der Waals surface area contributed by atoms with Crippen molar-refractivity contribution >= 4 is 16.7 Å². The van der Waals surface area contributed by atoms with Crippen LogP contribution in [-0.4, -0.2) is 20.3 Å². The minimum Gasteiger partial charge on any atom is -0.331 e. The number of pyridine rings is 1. The molecule has 0 spiro atoms. The Kier molecular flexibility index (Phi) is 4.32. The maximum atomic E-state index is 12.8. The van der Waals surface area contributed by atoms with E-state index in [0.29, 0.717) is 11.3 Å². The van der Waals surface area contributed by atoms with Gasteiger partial charge in [0.2, 0.25) is 5.78 Å². The first-order valence-electron chi connectivity index (χ1n) is 8.99. The molecule has 27 heavy (non-hydrogen) atoms. The Morgan fingerprint density at radius 3 is 2.56 bits per heavy atom. The van der Waals surface area contributed by atoms with Crippen LogP contribution in [0, 0.1) is 13.8 Å². The first-order chi connectivity index (χ1) is 13.0. The van der Waals surface area contributed by atoms with Gasteiger partial charge in [-0.25, -0.2) is 4.98 Å². The lowest BCUT2D eigenvalue weighted by Gasteiger charge is -2.13. The van der Waals surface area contributed by atoms with Gasteiger partial charge in [-0.05, 0) is 55.2 Å². The van der Waals surface area contributed by atoms with Gasteiger partial charge in [0.05, 0.1) is 18.0 Å². The molecule has 134 valence electrons. The first kappa shape index (κ1) is 17.2. The highest BCUT2D eigenvalue weighted by atomic mass is 16.1. The Balaban J connectivity index is 1.81. The number of carbonyl (C=O) groups is 1. The number of aromatic nitrogens is 3. The van der Waals surface area contributed by atoms with Crippen molar-refractivity contribution in [3.05, 3.63) is 94.7 Å². The average molecular weight is 355 g/mol. The summed E-state index contributed by atoms with van der Waals surface area (Å²) in [6, 6.07) is 16.1. The highest BCUT2D eigenvalue weighted by Gasteiger charge is 2.16. The van der Waals surface area contributed by atoms with Crippen LogP contribution in [-0.2, 0) is 13.5 Å². The summed E-state index contributed by atoms with van der Waals surface area (Å²) in [5, 5.41) is 1.03. The molecule has 0 radical (unpaired) electrons. The summed E-state index contributed by atoms with van der Waals surface area (Å²) >= 11 is 0. The standard InChI is InChI=1S/C23H21N3O/c1-15-19(11-17-7-5-4-6-8-17)16(2)25-21-10-9-18(12-20(15)21)23(27)22-13-24-14-26(22)3/h4-10,12-14H,11H2,1-3H3. The van der Waals surface area contributed by atoms with E-state index in [0.717, 1.165) is 23.0 Å². The van der Waals surface area contributed by atoms with Crippen LogP contribution in [0.15, 0.2) is 61.1 Å².